The van der Waals surface area contributed by atoms with Gasteiger partial charge in [0.05, 0.1) is 18.2 Å². The van der Waals surface area contributed by atoms with Gasteiger partial charge in [-0.15, -0.1) is 0 Å². The number of carbonyl (C=O) groups excluding carboxylic acids is 1. The van der Waals surface area contributed by atoms with Crippen molar-refractivity contribution in [3.63, 3.8) is 0 Å². The van der Waals surface area contributed by atoms with E-state index in [0.29, 0.717) is 33.7 Å². The highest BCUT2D eigenvalue weighted by Gasteiger charge is 2.11. The van der Waals surface area contributed by atoms with Crippen LogP contribution >= 0.6 is 15.9 Å². The van der Waals surface area contributed by atoms with Gasteiger partial charge in [0.2, 0.25) is 0 Å². The van der Waals surface area contributed by atoms with E-state index in [1.54, 1.807) is 18.2 Å². The number of halogens is 1. The molecule has 0 saturated carbocycles. The van der Waals surface area contributed by atoms with E-state index in [1.165, 1.54) is 0 Å². The maximum atomic E-state index is 11.0. The quantitative estimate of drug-likeness (QED) is 0.728. The molecule has 2 aromatic rings. The molecule has 0 N–H and O–H groups in total. The summed E-state index contributed by atoms with van der Waals surface area (Å²) in [7, 11) is 0. The molecule has 0 heterocycles. The van der Waals surface area contributed by atoms with Crippen molar-refractivity contribution in [3.05, 3.63) is 57.6 Å². The van der Waals surface area contributed by atoms with Crippen LogP contribution in [-0.4, -0.2) is 12.9 Å². The molecule has 0 aliphatic heterocycles. The number of nitrogens with zero attached hydrogens (tertiary/aromatic N) is 1. The second kappa shape index (κ2) is 7.62. The van der Waals surface area contributed by atoms with Crippen LogP contribution in [-0.2, 0) is 6.61 Å². The van der Waals surface area contributed by atoms with Crippen molar-refractivity contribution < 1.29 is 14.3 Å². The van der Waals surface area contributed by atoms with Crippen LogP contribution in [0.2, 0.25) is 0 Å². The van der Waals surface area contributed by atoms with E-state index in [1.807, 2.05) is 25.1 Å². The number of benzene rings is 2. The third-order valence-corrected chi connectivity index (χ3v) is 3.70. The molecule has 0 aromatic heterocycles. The van der Waals surface area contributed by atoms with Crippen molar-refractivity contribution in [1.82, 2.24) is 0 Å². The van der Waals surface area contributed by atoms with Gasteiger partial charge in [0.15, 0.2) is 17.8 Å². The van der Waals surface area contributed by atoms with E-state index in [9.17, 15) is 4.79 Å². The Bertz CT molecular complexity index is 722. The van der Waals surface area contributed by atoms with Gasteiger partial charge >= 0.3 is 0 Å². The minimum absolute atomic E-state index is 0.247. The van der Waals surface area contributed by atoms with Gasteiger partial charge in [-0.3, -0.25) is 4.79 Å². The first-order chi connectivity index (χ1) is 10.7. The number of aldehydes is 1. The number of hydrogen-bond acceptors (Lipinski definition) is 4. The largest absolute Gasteiger partial charge is 0.490 e. The maximum Gasteiger partial charge on any atom is 0.162 e. The van der Waals surface area contributed by atoms with Gasteiger partial charge in [-0.1, -0.05) is 18.2 Å². The van der Waals surface area contributed by atoms with Crippen molar-refractivity contribution in [1.29, 1.82) is 5.26 Å². The molecule has 0 aliphatic rings. The fourth-order valence-electron chi connectivity index (χ4n) is 1.93. The smallest absolute Gasteiger partial charge is 0.162 e. The summed E-state index contributed by atoms with van der Waals surface area (Å²) in [5.41, 5.74) is 1.86. The Morgan fingerprint density at radius 2 is 1.95 bits per heavy atom. The molecule has 0 amide bonds. The second-order valence-electron chi connectivity index (χ2n) is 4.43. The van der Waals surface area contributed by atoms with Crippen molar-refractivity contribution in [2.75, 3.05) is 6.61 Å². The van der Waals surface area contributed by atoms with Crippen LogP contribution in [0.1, 0.15) is 28.4 Å². The Morgan fingerprint density at radius 3 is 2.64 bits per heavy atom. The van der Waals surface area contributed by atoms with Gasteiger partial charge in [-0.05, 0) is 41.1 Å². The maximum absolute atomic E-state index is 11.0. The Kier molecular flexibility index (Phi) is 5.56. The molecule has 5 heteroatoms. The molecule has 112 valence electrons. The topological polar surface area (TPSA) is 59.3 Å². The van der Waals surface area contributed by atoms with Gasteiger partial charge in [0.25, 0.3) is 0 Å². The van der Waals surface area contributed by atoms with E-state index in [-0.39, 0.29) is 6.61 Å². The van der Waals surface area contributed by atoms with Crippen molar-refractivity contribution in [2.24, 2.45) is 0 Å². The first kappa shape index (κ1) is 16.1. The zero-order valence-electron chi connectivity index (χ0n) is 12.0. The van der Waals surface area contributed by atoms with E-state index >= 15 is 0 Å². The SMILES string of the molecule is CCOc1cc(C=O)c(Br)cc1OCc1ccccc1C#N. The summed E-state index contributed by atoms with van der Waals surface area (Å²) in [5.74, 6) is 1.02. The molecule has 0 saturated heterocycles. The lowest BCUT2D eigenvalue weighted by Crippen LogP contribution is -2.02. The first-order valence-corrected chi connectivity index (χ1v) is 7.51. The molecule has 0 unspecified atom stereocenters. The van der Waals surface area contributed by atoms with Crippen LogP contribution in [0.5, 0.6) is 11.5 Å². The van der Waals surface area contributed by atoms with Gasteiger partial charge in [-0.2, -0.15) is 5.26 Å². The van der Waals surface area contributed by atoms with Crippen LogP contribution in [0.3, 0.4) is 0 Å². The van der Waals surface area contributed by atoms with Crippen molar-refractivity contribution in [3.8, 4) is 17.6 Å². The predicted molar refractivity (Wildman–Crippen MR) is 86.2 cm³/mol. The third kappa shape index (κ3) is 3.66. The average molecular weight is 360 g/mol. The fourth-order valence-corrected chi connectivity index (χ4v) is 2.35. The van der Waals surface area contributed by atoms with Gasteiger partial charge in [-0.25, -0.2) is 0 Å². The highest BCUT2D eigenvalue weighted by atomic mass is 79.9. The number of carbonyl (C=O) groups is 1. The van der Waals surface area contributed by atoms with Gasteiger partial charge in [0, 0.05) is 15.6 Å². The van der Waals surface area contributed by atoms with E-state index in [2.05, 4.69) is 22.0 Å². The summed E-state index contributed by atoms with van der Waals surface area (Å²) in [6.45, 7) is 2.57. The minimum Gasteiger partial charge on any atom is -0.490 e. The summed E-state index contributed by atoms with van der Waals surface area (Å²) < 4.78 is 11.9. The highest BCUT2D eigenvalue weighted by Crippen LogP contribution is 2.33. The average Bonchev–Trinajstić information content (AvgIpc) is 2.55. The monoisotopic (exact) mass is 359 g/mol. The molecule has 4 nitrogen and oxygen atoms in total. The molecule has 0 spiro atoms. The summed E-state index contributed by atoms with van der Waals surface area (Å²) >= 11 is 3.33. The summed E-state index contributed by atoms with van der Waals surface area (Å²) in [5, 5.41) is 9.09. The van der Waals surface area contributed by atoms with Crippen LogP contribution in [0.15, 0.2) is 40.9 Å². The molecular weight excluding hydrogens is 346 g/mol. The van der Waals surface area contributed by atoms with Crippen molar-refractivity contribution in [2.45, 2.75) is 13.5 Å². The number of rotatable bonds is 6. The third-order valence-electron chi connectivity index (χ3n) is 3.01. The molecule has 0 aliphatic carbocycles. The van der Waals surface area contributed by atoms with Crippen LogP contribution in [0, 0.1) is 11.3 Å². The zero-order valence-corrected chi connectivity index (χ0v) is 13.6. The first-order valence-electron chi connectivity index (χ1n) is 6.72. The Hall–Kier alpha value is -2.32. The minimum atomic E-state index is 0.247. The Morgan fingerprint density at radius 1 is 1.23 bits per heavy atom. The lowest BCUT2D eigenvalue weighted by molar-refractivity contribution is 0.112. The van der Waals surface area contributed by atoms with E-state index in [0.717, 1.165) is 11.8 Å². The Labute approximate surface area is 137 Å². The van der Waals surface area contributed by atoms with Crippen LogP contribution in [0.25, 0.3) is 0 Å². The van der Waals surface area contributed by atoms with Crippen LogP contribution < -0.4 is 9.47 Å². The van der Waals surface area contributed by atoms with Crippen molar-refractivity contribution >= 4 is 22.2 Å². The summed E-state index contributed by atoms with van der Waals surface area (Å²) in [4.78, 5) is 11.0. The molecule has 0 fully saturated rings. The molecule has 0 radical (unpaired) electrons. The lowest BCUT2D eigenvalue weighted by Gasteiger charge is -2.14. The summed E-state index contributed by atoms with van der Waals surface area (Å²) in [6, 6.07) is 12.7. The van der Waals surface area contributed by atoms with E-state index < -0.39 is 0 Å². The van der Waals surface area contributed by atoms with Gasteiger partial charge in [0.1, 0.15) is 6.61 Å². The second-order valence-corrected chi connectivity index (χ2v) is 5.28. The zero-order chi connectivity index (χ0) is 15.9. The molecule has 0 atom stereocenters. The van der Waals surface area contributed by atoms with Crippen LogP contribution in [0.4, 0.5) is 0 Å². The molecule has 22 heavy (non-hydrogen) atoms. The molecule has 2 aromatic carbocycles. The number of ether oxygens (including phenoxy) is 2. The van der Waals surface area contributed by atoms with Gasteiger partial charge < -0.3 is 9.47 Å². The fraction of sp³-hybridized carbons (Fsp3) is 0.176. The molecule has 2 rings (SSSR count). The van der Waals surface area contributed by atoms with E-state index in [4.69, 9.17) is 14.7 Å². The normalized spacial score (nSPS) is 9.86. The highest BCUT2D eigenvalue weighted by molar-refractivity contribution is 9.10. The summed E-state index contributed by atoms with van der Waals surface area (Å²) in [6.07, 6.45) is 0.751. The number of nitriles is 1. The number of hydrogen-bond donors (Lipinski definition) is 0. The Balaban J connectivity index is 2.27. The molecule has 0 bridgehead atoms. The standard InChI is InChI=1S/C17H14BrNO3/c1-2-21-16-7-14(10-20)15(18)8-17(16)22-11-13-6-4-3-5-12(13)9-19/h3-8,10H,2,11H2,1H3. The lowest BCUT2D eigenvalue weighted by atomic mass is 10.1. The molecular formula is C17H14BrNO3. The predicted octanol–water partition coefficient (Wildman–Crippen LogP) is 4.11.